The highest BCUT2D eigenvalue weighted by Crippen LogP contribution is 2.20. The first-order valence-electron chi connectivity index (χ1n) is 6.46. The Hall–Kier alpha value is -1.86. The molecule has 0 aliphatic rings. The predicted octanol–water partition coefficient (Wildman–Crippen LogP) is 2.25. The van der Waals surface area contributed by atoms with Crippen LogP contribution in [0.25, 0.3) is 0 Å². The Morgan fingerprint density at radius 1 is 1.40 bits per heavy atom. The second kappa shape index (κ2) is 7.06. The zero-order chi connectivity index (χ0) is 14.4. The van der Waals surface area contributed by atoms with Crippen molar-refractivity contribution < 1.29 is 4.79 Å². The zero-order valence-corrected chi connectivity index (χ0v) is 12.3. The number of aromatic nitrogens is 3. The lowest BCUT2D eigenvalue weighted by Crippen LogP contribution is -2.19. The molecule has 2 heterocycles. The van der Waals surface area contributed by atoms with Gasteiger partial charge >= 0.3 is 0 Å². The first kappa shape index (κ1) is 14.5. The molecule has 0 aromatic carbocycles. The molecule has 1 unspecified atom stereocenters. The monoisotopic (exact) mass is 291 g/mol. The minimum atomic E-state index is -0.249. The highest BCUT2D eigenvalue weighted by molar-refractivity contribution is 7.14. The van der Waals surface area contributed by atoms with E-state index in [1.165, 1.54) is 30.1 Å². The third-order valence-corrected chi connectivity index (χ3v) is 3.49. The molecule has 0 aliphatic carbocycles. The molecule has 106 valence electrons. The third kappa shape index (κ3) is 3.82. The van der Waals surface area contributed by atoms with Gasteiger partial charge in [-0.1, -0.05) is 6.92 Å². The maximum absolute atomic E-state index is 11.9. The molecule has 0 bridgehead atoms. The topological polar surface area (TPSA) is 79.8 Å². The van der Waals surface area contributed by atoms with Gasteiger partial charge in [0.05, 0.1) is 11.3 Å². The first-order valence-corrected chi connectivity index (χ1v) is 7.33. The van der Waals surface area contributed by atoms with E-state index in [4.69, 9.17) is 0 Å². The van der Waals surface area contributed by atoms with Crippen molar-refractivity contribution in [2.24, 2.45) is 0 Å². The Morgan fingerprint density at radius 3 is 2.85 bits per heavy atom. The molecule has 1 amide bonds. The van der Waals surface area contributed by atoms with Gasteiger partial charge in [0, 0.05) is 23.8 Å². The molecule has 2 N–H and O–H groups in total. The lowest BCUT2D eigenvalue weighted by Gasteiger charge is -2.09. The summed E-state index contributed by atoms with van der Waals surface area (Å²) in [5, 5.41) is 8.64. The lowest BCUT2D eigenvalue weighted by atomic mass is 10.2. The van der Waals surface area contributed by atoms with E-state index >= 15 is 0 Å². The number of rotatable bonds is 6. The molecule has 2 aromatic heterocycles. The molecule has 2 rings (SSSR count). The summed E-state index contributed by atoms with van der Waals surface area (Å²) in [6.07, 6.45) is 5.41. The van der Waals surface area contributed by atoms with E-state index in [0.29, 0.717) is 10.7 Å². The van der Waals surface area contributed by atoms with Crippen LogP contribution in [0.3, 0.4) is 0 Å². The zero-order valence-electron chi connectivity index (χ0n) is 11.5. The van der Waals surface area contributed by atoms with Gasteiger partial charge in [-0.3, -0.25) is 10.1 Å². The van der Waals surface area contributed by atoms with Gasteiger partial charge in [0.1, 0.15) is 6.33 Å². The average molecular weight is 291 g/mol. The summed E-state index contributed by atoms with van der Waals surface area (Å²) in [6.45, 7) is 5.12. The average Bonchev–Trinajstić information content (AvgIpc) is 2.94. The summed E-state index contributed by atoms with van der Waals surface area (Å²) >= 11 is 1.41. The van der Waals surface area contributed by atoms with E-state index in [1.54, 1.807) is 0 Å². The van der Waals surface area contributed by atoms with Gasteiger partial charge in [-0.05, 0) is 19.9 Å². The van der Waals surface area contributed by atoms with Gasteiger partial charge in [-0.25, -0.2) is 15.0 Å². The molecule has 0 aliphatic heterocycles. The molecular weight excluding hydrogens is 274 g/mol. The summed E-state index contributed by atoms with van der Waals surface area (Å²) in [5.74, 6) is -0.249. The van der Waals surface area contributed by atoms with Crippen LogP contribution >= 0.6 is 11.3 Å². The fourth-order valence-corrected chi connectivity index (χ4v) is 2.39. The molecule has 0 radical (unpaired) electrons. The quantitative estimate of drug-likeness (QED) is 0.853. The Balaban J connectivity index is 1.97. The van der Waals surface area contributed by atoms with Crippen molar-refractivity contribution in [3.8, 4) is 0 Å². The smallest absolute Gasteiger partial charge is 0.260 e. The highest BCUT2D eigenvalue weighted by Gasteiger charge is 2.12. The van der Waals surface area contributed by atoms with Gasteiger partial charge in [0.2, 0.25) is 0 Å². The van der Waals surface area contributed by atoms with E-state index in [1.807, 2.05) is 5.38 Å². The van der Waals surface area contributed by atoms with E-state index in [-0.39, 0.29) is 11.9 Å². The number of hydrogen-bond acceptors (Lipinski definition) is 6. The molecule has 0 saturated carbocycles. The molecular formula is C13H17N5OS. The van der Waals surface area contributed by atoms with E-state index in [9.17, 15) is 4.79 Å². The van der Waals surface area contributed by atoms with Crippen LogP contribution in [0, 0.1) is 0 Å². The Labute approximate surface area is 121 Å². The summed E-state index contributed by atoms with van der Waals surface area (Å²) in [6, 6.07) is 0.178. The number of thiazole rings is 1. The number of anilines is 1. The number of carbonyl (C=O) groups excluding carboxylic acids is 1. The van der Waals surface area contributed by atoms with Crippen molar-refractivity contribution in [2.75, 3.05) is 11.9 Å². The minimum absolute atomic E-state index is 0.178. The van der Waals surface area contributed by atoms with Gasteiger partial charge in [-0.2, -0.15) is 0 Å². The number of carbonyl (C=O) groups is 1. The van der Waals surface area contributed by atoms with Crippen molar-refractivity contribution in [3.05, 3.63) is 35.4 Å². The second-order valence-electron chi connectivity index (χ2n) is 4.33. The molecule has 0 saturated heterocycles. The summed E-state index contributed by atoms with van der Waals surface area (Å²) in [7, 11) is 0. The van der Waals surface area contributed by atoms with Crippen molar-refractivity contribution >= 4 is 22.4 Å². The highest BCUT2D eigenvalue weighted by atomic mass is 32.1. The van der Waals surface area contributed by atoms with E-state index in [0.717, 1.165) is 18.7 Å². The fraction of sp³-hybridized carbons (Fsp3) is 0.385. The molecule has 1 atom stereocenters. The second-order valence-corrected chi connectivity index (χ2v) is 5.19. The van der Waals surface area contributed by atoms with Crippen LogP contribution in [0.4, 0.5) is 5.13 Å². The predicted molar refractivity (Wildman–Crippen MR) is 78.8 cm³/mol. The maximum atomic E-state index is 11.9. The maximum Gasteiger partial charge on any atom is 0.260 e. The molecule has 20 heavy (non-hydrogen) atoms. The fourth-order valence-electron chi connectivity index (χ4n) is 1.59. The van der Waals surface area contributed by atoms with Crippen LogP contribution < -0.4 is 10.6 Å². The van der Waals surface area contributed by atoms with Crippen LogP contribution in [0.2, 0.25) is 0 Å². The lowest BCUT2D eigenvalue weighted by molar-refractivity contribution is 0.102. The number of nitrogens with zero attached hydrogens (tertiary/aromatic N) is 3. The summed E-state index contributed by atoms with van der Waals surface area (Å²) < 4.78 is 0. The van der Waals surface area contributed by atoms with Gasteiger partial charge in [-0.15, -0.1) is 11.3 Å². The third-order valence-electron chi connectivity index (χ3n) is 2.71. The standard InChI is InChI=1S/C13H17N5OS/c1-3-4-16-9(2)11-7-20-13(17-11)18-12(19)10-5-14-8-15-6-10/h5-9,16H,3-4H2,1-2H3,(H,17,18,19). The van der Waals surface area contributed by atoms with Crippen molar-refractivity contribution in [1.29, 1.82) is 0 Å². The van der Waals surface area contributed by atoms with E-state index in [2.05, 4.69) is 39.4 Å². The Bertz CT molecular complexity index is 557. The van der Waals surface area contributed by atoms with Crippen LogP contribution in [-0.4, -0.2) is 27.4 Å². The minimum Gasteiger partial charge on any atom is -0.309 e. The van der Waals surface area contributed by atoms with Gasteiger partial charge in [0.25, 0.3) is 5.91 Å². The summed E-state index contributed by atoms with van der Waals surface area (Å²) in [5.41, 5.74) is 1.35. The number of nitrogens with one attached hydrogen (secondary N) is 2. The first-order chi connectivity index (χ1) is 9.70. The SMILES string of the molecule is CCCNC(C)c1csc(NC(=O)c2cncnc2)n1. The van der Waals surface area contributed by atoms with Gasteiger partial charge in [0.15, 0.2) is 5.13 Å². The van der Waals surface area contributed by atoms with Crippen LogP contribution in [-0.2, 0) is 0 Å². The molecule has 6 nitrogen and oxygen atoms in total. The van der Waals surface area contributed by atoms with Crippen molar-refractivity contribution in [1.82, 2.24) is 20.3 Å². The van der Waals surface area contributed by atoms with Crippen molar-refractivity contribution in [2.45, 2.75) is 26.3 Å². The Kier molecular flexibility index (Phi) is 5.14. The number of hydrogen-bond donors (Lipinski definition) is 2. The van der Waals surface area contributed by atoms with Crippen LogP contribution in [0.5, 0.6) is 0 Å². The largest absolute Gasteiger partial charge is 0.309 e. The molecule has 0 fully saturated rings. The summed E-state index contributed by atoms with van der Waals surface area (Å²) in [4.78, 5) is 24.0. The Morgan fingerprint density at radius 2 is 2.15 bits per heavy atom. The number of amides is 1. The molecule has 7 heteroatoms. The van der Waals surface area contributed by atoms with Crippen LogP contribution in [0.15, 0.2) is 24.1 Å². The van der Waals surface area contributed by atoms with Crippen LogP contribution in [0.1, 0.15) is 42.4 Å². The van der Waals surface area contributed by atoms with E-state index < -0.39 is 0 Å². The van der Waals surface area contributed by atoms with Gasteiger partial charge < -0.3 is 5.32 Å². The normalized spacial score (nSPS) is 12.1. The van der Waals surface area contributed by atoms with Crippen molar-refractivity contribution in [3.63, 3.8) is 0 Å². The molecule has 0 spiro atoms. The molecule has 2 aromatic rings.